The Labute approximate surface area is 146 Å². The fourth-order valence-corrected chi connectivity index (χ4v) is 3.37. The molecule has 1 aromatic carbocycles. The number of nitrogens with zero attached hydrogens (tertiary/aromatic N) is 1. The molecule has 1 aromatic rings. The summed E-state index contributed by atoms with van der Waals surface area (Å²) in [7, 11) is -0.267. The number of hydrogen-bond donors (Lipinski definition) is 0. The molecule has 3 rings (SSSR count). The molecular weight excluding hydrogens is 301 g/mol. The lowest BCUT2D eigenvalue weighted by atomic mass is 9.67. The van der Waals surface area contributed by atoms with Crippen LogP contribution in [0.2, 0.25) is 0 Å². The van der Waals surface area contributed by atoms with Crippen molar-refractivity contribution in [1.29, 1.82) is 0 Å². The van der Waals surface area contributed by atoms with Crippen LogP contribution in [0.3, 0.4) is 0 Å². The molecule has 0 saturated carbocycles. The largest absolute Gasteiger partial charge is 0.494 e. The van der Waals surface area contributed by atoms with Gasteiger partial charge in [0, 0.05) is 31.7 Å². The monoisotopic (exact) mass is 331 g/mol. The van der Waals surface area contributed by atoms with Gasteiger partial charge in [-0.2, -0.15) is 0 Å². The van der Waals surface area contributed by atoms with Gasteiger partial charge in [0.2, 0.25) is 0 Å². The number of ether oxygens (including phenoxy) is 1. The highest BCUT2D eigenvalue weighted by Crippen LogP contribution is 2.41. The average Bonchev–Trinajstić information content (AvgIpc) is 2.59. The average molecular weight is 331 g/mol. The van der Waals surface area contributed by atoms with Crippen molar-refractivity contribution in [3.63, 3.8) is 0 Å². The van der Waals surface area contributed by atoms with E-state index >= 15 is 0 Å². The van der Waals surface area contributed by atoms with Crippen molar-refractivity contribution in [2.24, 2.45) is 5.41 Å². The topological polar surface area (TPSA) is 30.9 Å². The SMILES string of the molecule is CCC1(C)COB(c2ccc(CN3CCOCC3)cc2)OC1(C)C. The van der Waals surface area contributed by atoms with Crippen LogP contribution in [-0.4, -0.2) is 50.5 Å². The van der Waals surface area contributed by atoms with E-state index in [-0.39, 0.29) is 18.1 Å². The predicted octanol–water partition coefficient (Wildman–Crippen LogP) is 2.46. The highest BCUT2D eigenvalue weighted by Gasteiger charge is 2.48. The smallest absolute Gasteiger partial charge is 0.407 e. The molecule has 0 N–H and O–H groups in total. The number of benzene rings is 1. The van der Waals surface area contributed by atoms with E-state index in [1.807, 2.05) is 0 Å². The molecule has 0 bridgehead atoms. The van der Waals surface area contributed by atoms with Crippen molar-refractivity contribution in [2.75, 3.05) is 32.9 Å². The Kier molecular flexibility index (Phi) is 5.35. The van der Waals surface area contributed by atoms with Gasteiger partial charge in [-0.05, 0) is 31.3 Å². The van der Waals surface area contributed by atoms with Gasteiger partial charge >= 0.3 is 7.12 Å². The Hall–Kier alpha value is -0.875. The molecule has 2 aliphatic rings. The van der Waals surface area contributed by atoms with Crippen molar-refractivity contribution in [2.45, 2.75) is 46.3 Å². The van der Waals surface area contributed by atoms with E-state index in [2.05, 4.69) is 56.9 Å². The van der Waals surface area contributed by atoms with E-state index in [9.17, 15) is 0 Å². The summed E-state index contributed by atoms with van der Waals surface area (Å²) in [6.07, 6.45) is 1.05. The number of rotatable bonds is 4. The number of morpholine rings is 1. The van der Waals surface area contributed by atoms with Crippen molar-refractivity contribution in [3.05, 3.63) is 29.8 Å². The molecule has 0 amide bonds. The molecule has 0 spiro atoms. The summed E-state index contributed by atoms with van der Waals surface area (Å²) in [6, 6.07) is 8.67. The van der Waals surface area contributed by atoms with Gasteiger partial charge in [-0.1, -0.05) is 38.1 Å². The van der Waals surface area contributed by atoms with Crippen LogP contribution in [0.1, 0.15) is 39.7 Å². The lowest BCUT2D eigenvalue weighted by molar-refractivity contribution is -0.105. The summed E-state index contributed by atoms with van der Waals surface area (Å²) >= 11 is 0. The van der Waals surface area contributed by atoms with Crippen LogP contribution in [0.25, 0.3) is 0 Å². The molecule has 0 radical (unpaired) electrons. The van der Waals surface area contributed by atoms with Gasteiger partial charge in [0.05, 0.1) is 18.8 Å². The zero-order chi connectivity index (χ0) is 17.2. The lowest BCUT2D eigenvalue weighted by Crippen LogP contribution is -2.59. The van der Waals surface area contributed by atoms with Crippen molar-refractivity contribution >= 4 is 12.6 Å². The van der Waals surface area contributed by atoms with Gasteiger partial charge in [-0.25, -0.2) is 0 Å². The van der Waals surface area contributed by atoms with Gasteiger partial charge < -0.3 is 14.0 Å². The van der Waals surface area contributed by atoms with Gasteiger partial charge in [0.25, 0.3) is 0 Å². The summed E-state index contributed by atoms with van der Waals surface area (Å²) < 4.78 is 17.8. The molecule has 2 saturated heterocycles. The molecule has 0 aromatic heterocycles. The third kappa shape index (κ3) is 3.69. The van der Waals surface area contributed by atoms with Crippen molar-refractivity contribution < 1.29 is 14.0 Å². The second-order valence-corrected chi connectivity index (χ2v) is 7.82. The first-order chi connectivity index (χ1) is 11.4. The van der Waals surface area contributed by atoms with Gasteiger partial charge in [-0.3, -0.25) is 4.90 Å². The molecule has 0 aliphatic carbocycles. The maximum Gasteiger partial charge on any atom is 0.494 e. The van der Waals surface area contributed by atoms with Crippen molar-refractivity contribution in [3.8, 4) is 0 Å². The molecule has 2 heterocycles. The molecule has 5 heteroatoms. The molecule has 1 atom stereocenters. The van der Waals surface area contributed by atoms with Gasteiger partial charge in [-0.15, -0.1) is 0 Å². The second kappa shape index (κ2) is 7.16. The Morgan fingerprint density at radius 3 is 2.33 bits per heavy atom. The van der Waals surface area contributed by atoms with E-state index in [0.29, 0.717) is 0 Å². The molecule has 4 nitrogen and oxygen atoms in total. The Morgan fingerprint density at radius 2 is 1.75 bits per heavy atom. The van der Waals surface area contributed by atoms with Gasteiger partial charge in [0.1, 0.15) is 0 Å². The van der Waals surface area contributed by atoms with E-state index in [4.69, 9.17) is 14.0 Å². The fourth-order valence-electron chi connectivity index (χ4n) is 3.37. The summed E-state index contributed by atoms with van der Waals surface area (Å²) in [5, 5.41) is 0. The quantitative estimate of drug-likeness (QED) is 0.793. The first-order valence-electron chi connectivity index (χ1n) is 9.12. The minimum absolute atomic E-state index is 0.0553. The third-order valence-corrected chi connectivity index (χ3v) is 5.95. The van der Waals surface area contributed by atoms with Crippen LogP contribution in [0, 0.1) is 5.41 Å². The molecule has 132 valence electrons. The van der Waals surface area contributed by atoms with Crippen LogP contribution in [-0.2, 0) is 20.6 Å². The fraction of sp³-hybridized carbons (Fsp3) is 0.684. The first kappa shape index (κ1) is 17.9. The minimum atomic E-state index is -0.267. The molecule has 2 aliphatic heterocycles. The highest BCUT2D eigenvalue weighted by molar-refractivity contribution is 6.61. The van der Waals surface area contributed by atoms with Crippen LogP contribution in [0.5, 0.6) is 0 Å². The summed E-state index contributed by atoms with van der Waals surface area (Å²) in [4.78, 5) is 2.43. The number of hydrogen-bond acceptors (Lipinski definition) is 4. The van der Waals surface area contributed by atoms with Crippen LogP contribution < -0.4 is 5.46 Å². The van der Waals surface area contributed by atoms with E-state index in [1.54, 1.807) is 0 Å². The highest BCUT2D eigenvalue weighted by atomic mass is 16.6. The van der Waals surface area contributed by atoms with Gasteiger partial charge in [0.15, 0.2) is 0 Å². The summed E-state index contributed by atoms with van der Waals surface area (Å²) in [6.45, 7) is 14.2. The Bertz CT molecular complexity index is 542. The molecular formula is C19H30BNO3. The van der Waals surface area contributed by atoms with Crippen LogP contribution in [0.15, 0.2) is 24.3 Å². The second-order valence-electron chi connectivity index (χ2n) is 7.82. The van der Waals surface area contributed by atoms with Crippen LogP contribution in [0.4, 0.5) is 0 Å². The normalized spacial score (nSPS) is 28.1. The summed E-state index contributed by atoms with van der Waals surface area (Å²) in [5.74, 6) is 0. The summed E-state index contributed by atoms with van der Waals surface area (Å²) in [5.41, 5.74) is 2.29. The maximum atomic E-state index is 6.31. The zero-order valence-electron chi connectivity index (χ0n) is 15.5. The lowest BCUT2D eigenvalue weighted by Gasteiger charge is -2.49. The van der Waals surface area contributed by atoms with Crippen molar-refractivity contribution in [1.82, 2.24) is 4.90 Å². The van der Waals surface area contributed by atoms with E-state index < -0.39 is 0 Å². The minimum Gasteiger partial charge on any atom is -0.407 e. The third-order valence-electron chi connectivity index (χ3n) is 5.95. The molecule has 1 unspecified atom stereocenters. The Morgan fingerprint density at radius 1 is 1.08 bits per heavy atom. The van der Waals surface area contributed by atoms with E-state index in [0.717, 1.165) is 51.3 Å². The maximum absolute atomic E-state index is 6.31. The zero-order valence-corrected chi connectivity index (χ0v) is 15.5. The van der Waals surface area contributed by atoms with Crippen LogP contribution >= 0.6 is 0 Å². The standard InChI is InChI=1S/C19H30BNO3/c1-5-19(4)15-23-20(24-18(19,2)3)17-8-6-16(7-9-17)14-21-10-12-22-13-11-21/h6-9H,5,10-15H2,1-4H3. The Balaban J connectivity index is 1.63. The first-order valence-corrected chi connectivity index (χ1v) is 9.12. The molecule has 24 heavy (non-hydrogen) atoms. The molecule has 2 fully saturated rings. The van der Waals surface area contributed by atoms with E-state index in [1.165, 1.54) is 5.56 Å². The predicted molar refractivity (Wildman–Crippen MR) is 97.4 cm³/mol.